The van der Waals surface area contributed by atoms with E-state index in [0.717, 1.165) is 6.20 Å². The molecule has 0 aliphatic rings. The van der Waals surface area contributed by atoms with Crippen LogP contribution in [0.3, 0.4) is 0 Å². The zero-order valence-corrected chi connectivity index (χ0v) is 5.84. The number of nitro groups is 1. The summed E-state index contributed by atoms with van der Waals surface area (Å²) in [6.45, 7) is 0. The van der Waals surface area contributed by atoms with Gasteiger partial charge in [0.25, 0.3) is 0 Å². The van der Waals surface area contributed by atoms with Crippen molar-refractivity contribution in [2.45, 2.75) is 0 Å². The van der Waals surface area contributed by atoms with Crippen LogP contribution >= 0.6 is 0 Å². The van der Waals surface area contributed by atoms with Crippen molar-refractivity contribution in [3.05, 3.63) is 28.2 Å². The maximum Gasteiger partial charge on any atom is 0.236 e. The third-order valence-electron chi connectivity index (χ3n) is 1.12. The molecule has 0 fully saturated rings. The van der Waals surface area contributed by atoms with Crippen molar-refractivity contribution in [2.75, 3.05) is 0 Å². The smallest absolute Gasteiger partial charge is 0.236 e. The molecule has 0 spiro atoms. The molecule has 0 radical (unpaired) electrons. The van der Waals surface area contributed by atoms with Gasteiger partial charge in [-0.1, -0.05) is 5.21 Å². The maximum atomic E-state index is 9.87. The number of aryl methyl sites for hydroxylation is 1. The minimum Gasteiger partial charge on any atom is -0.259 e. The lowest BCUT2D eigenvalue weighted by Crippen LogP contribution is -1.93. The summed E-state index contributed by atoms with van der Waals surface area (Å²) >= 11 is 0. The van der Waals surface area contributed by atoms with E-state index in [1.807, 2.05) is 0 Å². The maximum absolute atomic E-state index is 9.87. The molecule has 0 saturated heterocycles. The molecule has 0 aliphatic carbocycles. The van der Waals surface area contributed by atoms with E-state index in [1.54, 1.807) is 7.05 Å². The molecule has 1 rings (SSSR count). The molecule has 1 aromatic rings. The fraction of sp³-hybridized carbons (Fsp3) is 0.200. The summed E-state index contributed by atoms with van der Waals surface area (Å²) in [5.74, 6) is 0. The van der Waals surface area contributed by atoms with Gasteiger partial charge in [-0.25, -0.2) is 4.68 Å². The minimum atomic E-state index is -0.535. The zero-order valence-electron chi connectivity index (χ0n) is 5.84. The number of nitrogens with zero attached hydrogens (tertiary/aromatic N) is 4. The van der Waals surface area contributed by atoms with E-state index < -0.39 is 4.92 Å². The van der Waals surface area contributed by atoms with Gasteiger partial charge >= 0.3 is 0 Å². The average molecular weight is 154 g/mol. The Balaban J connectivity index is 2.79. The Labute approximate surface area is 62.3 Å². The van der Waals surface area contributed by atoms with Crippen molar-refractivity contribution in [1.82, 2.24) is 15.0 Å². The second-order valence-electron chi connectivity index (χ2n) is 1.88. The molecule has 1 aromatic heterocycles. The van der Waals surface area contributed by atoms with Crippen LogP contribution < -0.4 is 0 Å². The first-order valence-electron chi connectivity index (χ1n) is 2.86. The van der Waals surface area contributed by atoms with Crippen LogP contribution in [-0.2, 0) is 7.05 Å². The lowest BCUT2D eigenvalue weighted by Gasteiger charge is -1.87. The fourth-order valence-corrected chi connectivity index (χ4v) is 0.586. The SMILES string of the molecule is Cn1nncc1/C=C/[N+](=O)[O-]. The number of aromatic nitrogens is 3. The van der Waals surface area contributed by atoms with Gasteiger partial charge in [0.15, 0.2) is 0 Å². The summed E-state index contributed by atoms with van der Waals surface area (Å²) < 4.78 is 1.44. The first-order valence-corrected chi connectivity index (χ1v) is 2.86. The zero-order chi connectivity index (χ0) is 8.27. The Morgan fingerprint density at radius 2 is 2.55 bits per heavy atom. The molecule has 58 valence electrons. The summed E-state index contributed by atoms with van der Waals surface area (Å²) in [4.78, 5) is 9.34. The van der Waals surface area contributed by atoms with Crippen molar-refractivity contribution in [1.29, 1.82) is 0 Å². The van der Waals surface area contributed by atoms with Crippen molar-refractivity contribution in [3.63, 3.8) is 0 Å². The molecule has 6 nitrogen and oxygen atoms in total. The number of rotatable bonds is 2. The third-order valence-corrected chi connectivity index (χ3v) is 1.12. The Bertz CT molecular complexity index is 290. The Kier molecular flexibility index (Phi) is 1.95. The van der Waals surface area contributed by atoms with Gasteiger partial charge in [-0.3, -0.25) is 10.1 Å². The highest BCUT2D eigenvalue weighted by Gasteiger charge is 1.95. The van der Waals surface area contributed by atoms with Gasteiger partial charge in [-0.2, -0.15) is 0 Å². The summed E-state index contributed by atoms with van der Waals surface area (Å²) in [5.41, 5.74) is 0.599. The molecule has 11 heavy (non-hydrogen) atoms. The monoisotopic (exact) mass is 154 g/mol. The lowest BCUT2D eigenvalue weighted by molar-refractivity contribution is -0.401. The van der Waals surface area contributed by atoms with Crippen molar-refractivity contribution in [2.24, 2.45) is 7.05 Å². The molecule has 0 aliphatic heterocycles. The number of hydrogen-bond donors (Lipinski definition) is 0. The second kappa shape index (κ2) is 2.91. The van der Waals surface area contributed by atoms with Gasteiger partial charge < -0.3 is 0 Å². The van der Waals surface area contributed by atoms with Crippen LogP contribution in [0.15, 0.2) is 12.4 Å². The third kappa shape index (κ3) is 1.85. The summed E-state index contributed by atoms with van der Waals surface area (Å²) in [5, 5.41) is 17.0. The van der Waals surface area contributed by atoms with Gasteiger partial charge in [0.1, 0.15) is 0 Å². The van der Waals surface area contributed by atoms with E-state index in [0.29, 0.717) is 5.69 Å². The van der Waals surface area contributed by atoms with Crippen LogP contribution in [0.1, 0.15) is 5.69 Å². The van der Waals surface area contributed by atoms with E-state index in [1.165, 1.54) is 17.0 Å². The topological polar surface area (TPSA) is 73.8 Å². The van der Waals surface area contributed by atoms with Crippen LogP contribution in [0.2, 0.25) is 0 Å². The molecule has 0 aromatic carbocycles. The normalized spacial score (nSPS) is 10.6. The van der Waals surface area contributed by atoms with Gasteiger partial charge in [0.2, 0.25) is 6.20 Å². The predicted molar refractivity (Wildman–Crippen MR) is 37.0 cm³/mol. The first-order chi connectivity index (χ1) is 5.20. The quantitative estimate of drug-likeness (QED) is 0.446. The van der Waals surface area contributed by atoms with Crippen LogP contribution in [0.25, 0.3) is 6.08 Å². The highest BCUT2D eigenvalue weighted by molar-refractivity contribution is 5.40. The van der Waals surface area contributed by atoms with Gasteiger partial charge in [-0.15, -0.1) is 5.10 Å². The summed E-state index contributed by atoms with van der Waals surface area (Å²) in [6.07, 6.45) is 3.62. The highest BCUT2D eigenvalue weighted by Crippen LogP contribution is 1.95. The predicted octanol–water partition coefficient (Wildman–Crippen LogP) is 0.0625. The molecule has 1 heterocycles. The van der Waals surface area contributed by atoms with Gasteiger partial charge in [-0.05, 0) is 0 Å². The van der Waals surface area contributed by atoms with Gasteiger partial charge in [0.05, 0.1) is 16.8 Å². The van der Waals surface area contributed by atoms with Crippen LogP contribution in [-0.4, -0.2) is 19.9 Å². The molecule has 0 N–H and O–H groups in total. The van der Waals surface area contributed by atoms with Crippen molar-refractivity contribution >= 4 is 6.08 Å². The Morgan fingerprint density at radius 3 is 3.00 bits per heavy atom. The summed E-state index contributed by atoms with van der Waals surface area (Å²) in [6, 6.07) is 0. The molecule has 0 saturated carbocycles. The van der Waals surface area contributed by atoms with E-state index in [4.69, 9.17) is 0 Å². The van der Waals surface area contributed by atoms with Crippen molar-refractivity contribution < 1.29 is 4.92 Å². The summed E-state index contributed by atoms with van der Waals surface area (Å²) in [7, 11) is 1.66. The standard InChI is InChI=1S/C5H6N4O2/c1-8-5(4-6-7-8)2-3-9(10)11/h2-4H,1H3/b3-2+. The van der Waals surface area contributed by atoms with E-state index in [9.17, 15) is 10.1 Å². The molecular weight excluding hydrogens is 148 g/mol. The van der Waals surface area contributed by atoms with Crippen LogP contribution in [0, 0.1) is 10.1 Å². The molecule has 0 unspecified atom stereocenters. The first kappa shape index (κ1) is 7.39. The Hall–Kier alpha value is -1.72. The highest BCUT2D eigenvalue weighted by atomic mass is 16.6. The van der Waals surface area contributed by atoms with E-state index >= 15 is 0 Å². The van der Waals surface area contributed by atoms with E-state index in [2.05, 4.69) is 10.3 Å². The van der Waals surface area contributed by atoms with E-state index in [-0.39, 0.29) is 0 Å². The molecule has 0 atom stereocenters. The fourth-order valence-electron chi connectivity index (χ4n) is 0.586. The largest absolute Gasteiger partial charge is 0.259 e. The van der Waals surface area contributed by atoms with Crippen molar-refractivity contribution in [3.8, 4) is 0 Å². The minimum absolute atomic E-state index is 0.535. The van der Waals surface area contributed by atoms with Crippen LogP contribution in [0.5, 0.6) is 0 Å². The molecule has 6 heteroatoms. The number of hydrogen-bond acceptors (Lipinski definition) is 4. The average Bonchev–Trinajstić information content (AvgIpc) is 2.31. The van der Waals surface area contributed by atoms with Crippen LogP contribution in [0.4, 0.5) is 0 Å². The second-order valence-corrected chi connectivity index (χ2v) is 1.88. The molecule has 0 bridgehead atoms. The lowest BCUT2D eigenvalue weighted by atomic mass is 10.4. The molecule has 0 amide bonds. The Morgan fingerprint density at radius 1 is 1.82 bits per heavy atom. The molecular formula is C5H6N4O2. The van der Waals surface area contributed by atoms with Gasteiger partial charge in [0, 0.05) is 13.1 Å².